The molecular formula is C11H16FN. The van der Waals surface area contributed by atoms with E-state index in [1.807, 2.05) is 32.0 Å². The maximum absolute atomic E-state index is 13.3. The van der Waals surface area contributed by atoms with Crippen LogP contribution in [0, 0.1) is 5.82 Å². The molecular weight excluding hydrogens is 165 g/mol. The molecule has 0 fully saturated rings. The zero-order valence-electron chi connectivity index (χ0n) is 8.47. The number of hydrogen-bond donors (Lipinski definition) is 0. The summed E-state index contributed by atoms with van der Waals surface area (Å²) in [6.07, 6.45) is 0.760. The SMILES string of the molecule is CCc1c(F)cccc1CN(C)C. The van der Waals surface area contributed by atoms with Crippen molar-refractivity contribution >= 4 is 0 Å². The van der Waals surface area contributed by atoms with Gasteiger partial charge < -0.3 is 4.90 Å². The molecule has 0 bridgehead atoms. The van der Waals surface area contributed by atoms with Crippen molar-refractivity contribution in [2.24, 2.45) is 0 Å². The molecule has 1 aromatic rings. The van der Waals surface area contributed by atoms with Gasteiger partial charge in [0, 0.05) is 6.54 Å². The minimum Gasteiger partial charge on any atom is -0.305 e. The quantitative estimate of drug-likeness (QED) is 0.692. The highest BCUT2D eigenvalue weighted by Crippen LogP contribution is 2.15. The molecule has 0 saturated heterocycles. The summed E-state index contributed by atoms with van der Waals surface area (Å²) in [5, 5.41) is 0. The van der Waals surface area contributed by atoms with Crippen LogP contribution < -0.4 is 0 Å². The van der Waals surface area contributed by atoms with E-state index in [1.165, 1.54) is 6.07 Å². The van der Waals surface area contributed by atoms with Crippen LogP contribution in [0.25, 0.3) is 0 Å². The van der Waals surface area contributed by atoms with Crippen molar-refractivity contribution in [3.05, 3.63) is 35.1 Å². The first-order chi connectivity index (χ1) is 6.15. The van der Waals surface area contributed by atoms with Gasteiger partial charge in [0.15, 0.2) is 0 Å². The Bertz CT molecular complexity index is 281. The van der Waals surface area contributed by atoms with Crippen molar-refractivity contribution < 1.29 is 4.39 Å². The smallest absolute Gasteiger partial charge is 0.126 e. The van der Waals surface area contributed by atoms with Gasteiger partial charge in [0.25, 0.3) is 0 Å². The Balaban J connectivity index is 2.98. The zero-order chi connectivity index (χ0) is 9.84. The largest absolute Gasteiger partial charge is 0.305 e. The fraction of sp³-hybridized carbons (Fsp3) is 0.455. The first kappa shape index (κ1) is 10.2. The molecule has 72 valence electrons. The Kier molecular flexibility index (Phi) is 3.43. The van der Waals surface area contributed by atoms with Gasteiger partial charge in [-0.15, -0.1) is 0 Å². The van der Waals surface area contributed by atoms with E-state index in [0.717, 1.165) is 24.1 Å². The van der Waals surface area contributed by atoms with E-state index in [-0.39, 0.29) is 5.82 Å². The van der Waals surface area contributed by atoms with Crippen LogP contribution >= 0.6 is 0 Å². The molecule has 0 unspecified atom stereocenters. The third-order valence-electron chi connectivity index (χ3n) is 2.06. The molecule has 0 spiro atoms. The van der Waals surface area contributed by atoms with Crippen LogP contribution in [-0.4, -0.2) is 19.0 Å². The zero-order valence-corrected chi connectivity index (χ0v) is 8.47. The first-order valence-electron chi connectivity index (χ1n) is 4.56. The lowest BCUT2D eigenvalue weighted by Crippen LogP contribution is -2.12. The van der Waals surface area contributed by atoms with Crippen molar-refractivity contribution in [1.82, 2.24) is 4.90 Å². The van der Waals surface area contributed by atoms with Crippen molar-refractivity contribution in [1.29, 1.82) is 0 Å². The molecule has 0 saturated carbocycles. The first-order valence-corrected chi connectivity index (χ1v) is 4.56. The van der Waals surface area contributed by atoms with E-state index in [2.05, 4.69) is 0 Å². The molecule has 0 aliphatic rings. The number of nitrogens with zero attached hydrogens (tertiary/aromatic N) is 1. The fourth-order valence-corrected chi connectivity index (χ4v) is 1.49. The lowest BCUT2D eigenvalue weighted by molar-refractivity contribution is 0.399. The van der Waals surface area contributed by atoms with Gasteiger partial charge in [-0.3, -0.25) is 0 Å². The van der Waals surface area contributed by atoms with Gasteiger partial charge >= 0.3 is 0 Å². The van der Waals surface area contributed by atoms with Gasteiger partial charge in [-0.25, -0.2) is 4.39 Å². The van der Waals surface area contributed by atoms with Crippen LogP contribution in [0.1, 0.15) is 18.1 Å². The van der Waals surface area contributed by atoms with E-state index < -0.39 is 0 Å². The molecule has 2 heteroatoms. The van der Waals surface area contributed by atoms with Gasteiger partial charge in [0.05, 0.1) is 0 Å². The third-order valence-corrected chi connectivity index (χ3v) is 2.06. The Labute approximate surface area is 79.2 Å². The lowest BCUT2D eigenvalue weighted by Gasteiger charge is -2.13. The molecule has 0 aliphatic heterocycles. The van der Waals surface area contributed by atoms with Crippen molar-refractivity contribution in [2.75, 3.05) is 14.1 Å². The molecule has 13 heavy (non-hydrogen) atoms. The van der Waals surface area contributed by atoms with E-state index in [4.69, 9.17) is 0 Å². The number of rotatable bonds is 3. The average molecular weight is 181 g/mol. The minimum absolute atomic E-state index is 0.0816. The fourth-order valence-electron chi connectivity index (χ4n) is 1.49. The van der Waals surface area contributed by atoms with Crippen LogP contribution in [0.3, 0.4) is 0 Å². The summed E-state index contributed by atoms with van der Waals surface area (Å²) >= 11 is 0. The number of hydrogen-bond acceptors (Lipinski definition) is 1. The molecule has 0 N–H and O–H groups in total. The molecule has 0 aromatic heterocycles. The highest BCUT2D eigenvalue weighted by molar-refractivity contribution is 5.28. The summed E-state index contributed by atoms with van der Waals surface area (Å²) < 4.78 is 13.3. The Morgan fingerprint density at radius 2 is 2.00 bits per heavy atom. The second-order valence-electron chi connectivity index (χ2n) is 3.47. The van der Waals surface area contributed by atoms with E-state index in [0.29, 0.717) is 0 Å². The molecule has 0 heterocycles. The monoisotopic (exact) mass is 181 g/mol. The van der Waals surface area contributed by atoms with E-state index in [1.54, 1.807) is 6.07 Å². The molecule has 0 atom stereocenters. The van der Waals surface area contributed by atoms with Crippen molar-refractivity contribution in [3.8, 4) is 0 Å². The van der Waals surface area contributed by atoms with Crippen LogP contribution in [0.2, 0.25) is 0 Å². The van der Waals surface area contributed by atoms with Gasteiger partial charge in [0.1, 0.15) is 5.82 Å². The minimum atomic E-state index is -0.0816. The summed E-state index contributed by atoms with van der Waals surface area (Å²) in [6, 6.07) is 5.28. The highest BCUT2D eigenvalue weighted by atomic mass is 19.1. The maximum Gasteiger partial charge on any atom is 0.126 e. The average Bonchev–Trinajstić information content (AvgIpc) is 2.03. The summed E-state index contributed by atoms with van der Waals surface area (Å²) in [6.45, 7) is 2.79. The van der Waals surface area contributed by atoms with E-state index >= 15 is 0 Å². The number of halogens is 1. The molecule has 1 rings (SSSR count). The van der Waals surface area contributed by atoms with Crippen molar-refractivity contribution in [3.63, 3.8) is 0 Å². The normalized spacial score (nSPS) is 10.8. The molecule has 0 radical (unpaired) electrons. The molecule has 1 aromatic carbocycles. The Hall–Kier alpha value is -0.890. The van der Waals surface area contributed by atoms with Gasteiger partial charge in [-0.1, -0.05) is 19.1 Å². The predicted molar refractivity (Wildman–Crippen MR) is 53.2 cm³/mol. The topological polar surface area (TPSA) is 3.24 Å². The Morgan fingerprint density at radius 3 is 2.54 bits per heavy atom. The van der Waals surface area contributed by atoms with Gasteiger partial charge in [-0.2, -0.15) is 0 Å². The molecule has 0 aliphatic carbocycles. The Morgan fingerprint density at radius 1 is 1.31 bits per heavy atom. The van der Waals surface area contributed by atoms with Crippen molar-refractivity contribution in [2.45, 2.75) is 19.9 Å². The van der Waals surface area contributed by atoms with Crippen LogP contribution in [-0.2, 0) is 13.0 Å². The molecule has 1 nitrogen and oxygen atoms in total. The van der Waals surface area contributed by atoms with Gasteiger partial charge in [-0.05, 0) is 37.7 Å². The number of benzene rings is 1. The third kappa shape index (κ3) is 2.52. The predicted octanol–water partition coefficient (Wildman–Crippen LogP) is 2.45. The summed E-state index contributed by atoms with van der Waals surface area (Å²) in [7, 11) is 3.98. The lowest BCUT2D eigenvalue weighted by atomic mass is 10.0. The summed E-state index contributed by atoms with van der Waals surface area (Å²) in [5.74, 6) is -0.0816. The van der Waals surface area contributed by atoms with Gasteiger partial charge in [0.2, 0.25) is 0 Å². The van der Waals surface area contributed by atoms with Crippen LogP contribution in [0.4, 0.5) is 4.39 Å². The maximum atomic E-state index is 13.3. The summed E-state index contributed by atoms with van der Waals surface area (Å²) in [5.41, 5.74) is 1.93. The molecule has 0 amide bonds. The second kappa shape index (κ2) is 4.38. The standard InChI is InChI=1S/C11H16FN/c1-4-10-9(8-13(2)3)6-5-7-11(10)12/h5-7H,4,8H2,1-3H3. The summed E-state index contributed by atoms with van der Waals surface area (Å²) in [4.78, 5) is 2.05. The van der Waals surface area contributed by atoms with E-state index in [9.17, 15) is 4.39 Å². The highest BCUT2D eigenvalue weighted by Gasteiger charge is 2.06. The van der Waals surface area contributed by atoms with Crippen LogP contribution in [0.15, 0.2) is 18.2 Å². The second-order valence-corrected chi connectivity index (χ2v) is 3.47. The van der Waals surface area contributed by atoms with Crippen LogP contribution in [0.5, 0.6) is 0 Å².